The molecule has 2 nitrogen and oxygen atoms in total. The molecule has 1 aliphatic rings. The molecule has 0 heterocycles. The van der Waals surface area contributed by atoms with Crippen LogP contribution in [0.25, 0.3) is 6.08 Å². The van der Waals surface area contributed by atoms with Crippen LogP contribution in [0.5, 0.6) is 0 Å². The van der Waals surface area contributed by atoms with Gasteiger partial charge in [0.05, 0.1) is 0 Å². The van der Waals surface area contributed by atoms with Gasteiger partial charge in [-0.05, 0) is 24.8 Å². The molecular weight excluding hydrogens is 322 g/mol. The maximum Gasteiger partial charge on any atom is -0.0149 e. The van der Waals surface area contributed by atoms with Gasteiger partial charge in [0.2, 0.25) is 0 Å². The number of nitrogens with one attached hydrogen (secondary N) is 1. The topological polar surface area (TPSA) is 29.1 Å². The number of allylic oxidation sites excluding steroid dienone is 3. The minimum atomic E-state index is -2.25. The van der Waals surface area contributed by atoms with Crippen LogP contribution in [0, 0.1) is 0 Å². The van der Waals surface area contributed by atoms with Crippen LogP contribution in [-0.2, 0) is 21.6 Å². The number of carbonyl (C=O) groups excluding carboxylic acids is 1. The van der Waals surface area contributed by atoms with Crippen LogP contribution in [-0.4, -0.2) is 17.4 Å². The van der Waals surface area contributed by atoms with Crippen molar-refractivity contribution < 1.29 is 21.6 Å². The average molecular weight is 351 g/mol. The normalized spacial score (nSPS) is 14.8. The summed E-state index contributed by atoms with van der Waals surface area (Å²) in [6.07, 6.45) is 5.26. The van der Waals surface area contributed by atoms with Crippen molar-refractivity contribution in [1.82, 2.24) is 3.80 Å². The van der Waals surface area contributed by atoms with E-state index in [2.05, 4.69) is 63.8 Å². The van der Waals surface area contributed by atoms with E-state index >= 15 is 0 Å². The molecule has 0 fully saturated rings. The largest absolute Gasteiger partial charge is 0.0149 e. The Balaban J connectivity index is 0.000000546. The van der Waals surface area contributed by atoms with Crippen LogP contribution in [0.3, 0.4) is 0 Å². The van der Waals surface area contributed by atoms with Crippen molar-refractivity contribution in [2.24, 2.45) is 0 Å². The Labute approximate surface area is 143 Å². The molecule has 0 aromatic heterocycles. The van der Waals surface area contributed by atoms with Gasteiger partial charge in [-0.2, -0.15) is 0 Å². The Hall–Kier alpha value is -1.16. The zero-order chi connectivity index (χ0) is 16.0. The van der Waals surface area contributed by atoms with Crippen molar-refractivity contribution in [3.63, 3.8) is 0 Å². The number of hydrogen-bond donors (Lipinski definition) is 1. The van der Waals surface area contributed by atoms with Crippen LogP contribution in [0.15, 0.2) is 54.6 Å². The molecule has 0 saturated heterocycles. The summed E-state index contributed by atoms with van der Waals surface area (Å²) in [7, 11) is 0. The van der Waals surface area contributed by atoms with Gasteiger partial charge >= 0.3 is 94.1 Å². The van der Waals surface area contributed by atoms with Crippen molar-refractivity contribution in [3.05, 3.63) is 65.8 Å². The Bertz CT molecular complexity index is 566. The number of rotatable bonds is 4. The van der Waals surface area contributed by atoms with Gasteiger partial charge in [0.15, 0.2) is 0 Å². The van der Waals surface area contributed by atoms with Crippen molar-refractivity contribution in [3.8, 4) is 0 Å². The molecule has 4 heteroatoms. The number of carbonyl (C=O) groups is 1. The fourth-order valence-corrected chi connectivity index (χ4v) is 5.40. The van der Waals surface area contributed by atoms with Gasteiger partial charge in [-0.25, -0.2) is 0 Å². The van der Waals surface area contributed by atoms with Gasteiger partial charge in [0.25, 0.3) is 0 Å². The van der Waals surface area contributed by atoms with Crippen molar-refractivity contribution in [2.75, 3.05) is 0 Å². The Kier molecular flexibility index (Phi) is 8.61. The fraction of sp³-hybridized carbons (Fsp3) is 0.278. The summed E-state index contributed by atoms with van der Waals surface area (Å²) in [4.78, 5) is 10.6. The number of benzene rings is 1. The first-order valence-electron chi connectivity index (χ1n) is 7.09. The summed E-state index contributed by atoms with van der Waals surface area (Å²) in [6, 6.07) is 8.42. The van der Waals surface area contributed by atoms with E-state index in [1.807, 2.05) is 13.8 Å². The molecule has 0 spiro atoms. The summed E-state index contributed by atoms with van der Waals surface area (Å²) >= 11 is -2.25. The molecule has 2 rings (SSSR count). The molecule has 22 heavy (non-hydrogen) atoms. The third kappa shape index (κ3) is 5.56. The van der Waals surface area contributed by atoms with Crippen LogP contribution in [0.1, 0.15) is 29.2 Å². The number of amides is 1. The molecule has 1 aromatic carbocycles. The smallest absolute Gasteiger partial charge is 0.0149 e. The predicted molar refractivity (Wildman–Crippen MR) is 100 cm³/mol. The standard InChI is InChI=1S/C9H7.C6H10.CH3NO.2CH3.H4Si.Ti/c1-2-5-9-7-3-6-8(9)4-1;1-5(2)6(3)4;2-1-3;;;;/h1-7H;1,3H2,2,4H3;1H,(H2,2,3);2*1H3;1H4;/q;;;;;;+1/p-1. The number of hydrogen-bond acceptors (Lipinski definition) is 1. The van der Waals surface area contributed by atoms with Crippen molar-refractivity contribution in [1.29, 1.82) is 0 Å². The van der Waals surface area contributed by atoms with E-state index in [9.17, 15) is 4.79 Å². The fourth-order valence-electron chi connectivity index (χ4n) is 2.12. The zero-order valence-corrected chi connectivity index (χ0v) is 15.0. The maximum absolute atomic E-state index is 10.6. The second-order valence-electron chi connectivity index (χ2n) is 6.01. The predicted octanol–water partition coefficient (Wildman–Crippen LogP) is 3.35. The molecule has 1 unspecified atom stereocenters. The van der Waals surface area contributed by atoms with E-state index in [-0.39, 0.29) is 11.0 Å². The molecule has 0 saturated carbocycles. The molecule has 0 bridgehead atoms. The molecule has 1 aliphatic carbocycles. The first-order chi connectivity index (χ1) is 9.79. The van der Waals surface area contributed by atoms with Gasteiger partial charge in [-0.15, -0.1) is 0 Å². The van der Waals surface area contributed by atoms with E-state index in [1.54, 1.807) is 0 Å². The van der Waals surface area contributed by atoms with Crippen LogP contribution in [0.2, 0.25) is 10.5 Å². The monoisotopic (exact) mass is 351 g/mol. The van der Waals surface area contributed by atoms with Gasteiger partial charge < -0.3 is 0 Å². The Morgan fingerprint density at radius 3 is 2.23 bits per heavy atom. The SMILES string of the molecule is C=C(C)C(=C)C.[CH3][Ti]([CH3])([NH]C=O)[CH]1C=Cc2ccccc21.[SiH4]. The van der Waals surface area contributed by atoms with Gasteiger partial charge in [0, 0.05) is 0 Å². The summed E-state index contributed by atoms with van der Waals surface area (Å²) < 4.78 is 3.51. The van der Waals surface area contributed by atoms with Crippen molar-refractivity contribution >= 4 is 23.5 Å². The minimum absolute atomic E-state index is 0. The third-order valence-corrected chi connectivity index (χ3v) is 8.30. The first kappa shape index (κ1) is 20.8. The molecule has 0 aliphatic heterocycles. The van der Waals surface area contributed by atoms with Crippen LogP contribution < -0.4 is 3.80 Å². The van der Waals surface area contributed by atoms with E-state index in [1.165, 1.54) is 11.1 Å². The molecular formula is C18H29NOSiTi. The van der Waals surface area contributed by atoms with E-state index in [4.69, 9.17) is 0 Å². The Morgan fingerprint density at radius 2 is 1.73 bits per heavy atom. The van der Waals surface area contributed by atoms with E-state index in [0.717, 1.165) is 17.6 Å². The summed E-state index contributed by atoms with van der Waals surface area (Å²) in [5, 5.41) is 4.46. The van der Waals surface area contributed by atoms with Gasteiger partial charge in [0.1, 0.15) is 0 Å². The molecule has 0 radical (unpaired) electrons. The van der Waals surface area contributed by atoms with Crippen molar-refractivity contribution in [2.45, 2.75) is 28.5 Å². The van der Waals surface area contributed by atoms with Gasteiger partial charge in [-0.3, -0.25) is 0 Å². The molecule has 1 N–H and O–H groups in total. The summed E-state index contributed by atoms with van der Waals surface area (Å²) in [5.74, 6) is 0. The summed E-state index contributed by atoms with van der Waals surface area (Å²) in [6.45, 7) is 11.2. The molecule has 1 aromatic rings. The molecule has 1 atom stereocenters. The van der Waals surface area contributed by atoms with Crippen LogP contribution >= 0.6 is 0 Å². The number of fused-ring (bicyclic) bond motifs is 1. The van der Waals surface area contributed by atoms with E-state index < -0.39 is 16.8 Å². The maximum atomic E-state index is 10.6. The average Bonchev–Trinajstić information content (AvgIpc) is 2.83. The molecule has 120 valence electrons. The second kappa shape index (κ2) is 9.09. The minimum Gasteiger partial charge on any atom is -0.0149 e. The molecule has 1 amide bonds. The van der Waals surface area contributed by atoms with Gasteiger partial charge in [-0.1, -0.05) is 24.3 Å². The van der Waals surface area contributed by atoms with E-state index in [0.29, 0.717) is 4.22 Å². The quantitative estimate of drug-likeness (QED) is 0.503. The second-order valence-corrected chi connectivity index (χ2v) is 12.8. The zero-order valence-electron chi connectivity index (χ0n) is 13.4. The summed E-state index contributed by atoms with van der Waals surface area (Å²) in [5.41, 5.74) is 4.80. The third-order valence-electron chi connectivity index (χ3n) is 3.74. The van der Waals surface area contributed by atoms with Crippen LogP contribution in [0.4, 0.5) is 0 Å². The Morgan fingerprint density at radius 1 is 1.18 bits per heavy atom. The first-order valence-corrected chi connectivity index (χ1v) is 11.9.